The first-order valence-corrected chi connectivity index (χ1v) is 10.2. The lowest BCUT2D eigenvalue weighted by molar-refractivity contribution is -0.122. The van der Waals surface area contributed by atoms with E-state index in [1.165, 1.54) is 14.2 Å². The van der Waals surface area contributed by atoms with E-state index in [0.29, 0.717) is 11.4 Å². The van der Waals surface area contributed by atoms with Gasteiger partial charge in [-0.05, 0) is 0 Å². The minimum Gasteiger partial charge on any atom is -0.341 e. The van der Waals surface area contributed by atoms with Crippen LogP contribution >= 0.6 is 0 Å². The molecule has 10 heteroatoms. The fourth-order valence-corrected chi connectivity index (χ4v) is 3.72. The van der Waals surface area contributed by atoms with E-state index in [2.05, 4.69) is 20.0 Å². The van der Waals surface area contributed by atoms with Crippen LogP contribution in [0.25, 0.3) is 33.8 Å². The monoisotopic (exact) mass is 448 g/mol. The molecular weight excluding hydrogens is 432 g/mol. The lowest BCUT2D eigenvalue weighted by atomic mass is 10.0. The van der Waals surface area contributed by atoms with Gasteiger partial charge in [-0.15, -0.1) is 0 Å². The van der Waals surface area contributed by atoms with E-state index in [-0.39, 0.29) is 22.3 Å². The molecule has 0 spiro atoms. The Bertz CT molecular complexity index is 1490. The Morgan fingerprint density at radius 2 is 1.00 bits per heavy atom. The van der Waals surface area contributed by atoms with Crippen molar-refractivity contribution in [2.45, 2.75) is 11.4 Å². The van der Waals surface area contributed by atoms with Crippen molar-refractivity contribution in [1.29, 1.82) is 10.5 Å². The lowest BCUT2D eigenvalue weighted by Gasteiger charge is -2.33. The van der Waals surface area contributed by atoms with E-state index >= 15 is 0 Å². The minimum absolute atomic E-state index is 0.000372. The molecule has 2 unspecified atom stereocenters. The van der Waals surface area contributed by atoms with Crippen molar-refractivity contribution in [3.63, 3.8) is 0 Å². The van der Waals surface area contributed by atoms with E-state index in [1.807, 2.05) is 72.8 Å². The van der Waals surface area contributed by atoms with E-state index in [0.717, 1.165) is 11.1 Å². The molecule has 34 heavy (non-hydrogen) atoms. The largest absolute Gasteiger partial charge is 0.341 e. The van der Waals surface area contributed by atoms with Crippen LogP contribution in [0.15, 0.2) is 70.6 Å². The summed E-state index contributed by atoms with van der Waals surface area (Å²) in [6.07, 6.45) is 0. The first-order valence-electron chi connectivity index (χ1n) is 10.2. The maximum absolute atomic E-state index is 9.80. The van der Waals surface area contributed by atoms with Gasteiger partial charge in [-0.2, -0.15) is 10.5 Å². The zero-order valence-corrected chi connectivity index (χ0v) is 18.2. The van der Waals surface area contributed by atoms with Crippen molar-refractivity contribution in [3.8, 4) is 34.7 Å². The summed E-state index contributed by atoms with van der Waals surface area (Å²) in [5, 5.41) is 19.6. The smallest absolute Gasteiger partial charge is 0.315 e. The molecule has 0 fully saturated rings. The van der Waals surface area contributed by atoms with E-state index < -0.39 is 11.4 Å². The summed E-state index contributed by atoms with van der Waals surface area (Å²) in [4.78, 5) is 27.0. The van der Waals surface area contributed by atoms with Crippen LogP contribution in [0.1, 0.15) is 0 Å². The second-order valence-electron chi connectivity index (χ2n) is 7.31. The number of methoxy groups -OCH3 is 2. The Balaban J connectivity index is 1.86. The first kappa shape index (κ1) is 21.2. The number of hydrogen-bond donors (Lipinski definition) is 0. The van der Waals surface area contributed by atoms with Crippen LogP contribution in [0.5, 0.6) is 0 Å². The predicted octanol–water partition coefficient (Wildman–Crippen LogP) is 1.74. The van der Waals surface area contributed by atoms with Gasteiger partial charge in [0.25, 0.3) is 0 Å². The molecule has 0 radical (unpaired) electrons. The second kappa shape index (κ2) is 8.05. The van der Waals surface area contributed by atoms with Gasteiger partial charge in [-0.1, -0.05) is 60.7 Å². The Morgan fingerprint density at radius 1 is 0.618 bits per heavy atom. The van der Waals surface area contributed by atoms with Crippen molar-refractivity contribution in [2.75, 3.05) is 14.2 Å². The summed E-state index contributed by atoms with van der Waals surface area (Å²) in [5.74, 6) is 0. The fourth-order valence-electron chi connectivity index (χ4n) is 3.72. The van der Waals surface area contributed by atoms with Gasteiger partial charge >= 0.3 is 11.4 Å². The molecule has 0 N–H and O–H groups in total. The Labute approximate surface area is 193 Å². The molecule has 10 nitrogen and oxygen atoms in total. The molecule has 0 saturated carbocycles. The number of benzene rings is 2. The fraction of sp³-hybridized carbons (Fsp3) is 0.167. The lowest BCUT2D eigenvalue weighted by Crippen LogP contribution is -2.59. The average Bonchev–Trinajstić information content (AvgIpc) is 2.91. The third-order valence-electron chi connectivity index (χ3n) is 5.46. The van der Waals surface area contributed by atoms with E-state index in [4.69, 9.17) is 19.4 Å². The minimum atomic E-state index is -2.06. The molecule has 1 aliphatic rings. The summed E-state index contributed by atoms with van der Waals surface area (Å²) >= 11 is 0. The summed E-state index contributed by atoms with van der Waals surface area (Å²) in [7, 11) is 2.48. The average molecular weight is 448 g/mol. The molecule has 2 aromatic heterocycles. The third-order valence-corrected chi connectivity index (χ3v) is 5.46. The van der Waals surface area contributed by atoms with Crippen molar-refractivity contribution < 1.29 is 9.47 Å². The van der Waals surface area contributed by atoms with Gasteiger partial charge < -0.3 is 9.47 Å². The molecule has 3 heterocycles. The number of nitrogens with zero attached hydrogens (tertiary/aromatic N) is 8. The molecule has 2 aromatic carbocycles. The highest BCUT2D eigenvalue weighted by molar-refractivity contribution is 5.83. The van der Waals surface area contributed by atoms with Crippen LogP contribution < -0.4 is 11.0 Å². The molecule has 0 bridgehead atoms. The highest BCUT2D eigenvalue weighted by Gasteiger charge is 2.57. The summed E-state index contributed by atoms with van der Waals surface area (Å²) in [6.45, 7) is 0. The summed E-state index contributed by atoms with van der Waals surface area (Å²) in [5.41, 5.74) is -0.782. The topological polar surface area (TPSA) is 142 Å². The predicted molar refractivity (Wildman–Crippen MR) is 119 cm³/mol. The van der Waals surface area contributed by atoms with Crippen molar-refractivity contribution in [3.05, 3.63) is 71.6 Å². The molecule has 2 atom stereocenters. The molecule has 0 amide bonds. The number of aromatic nitrogens is 4. The van der Waals surface area contributed by atoms with Crippen molar-refractivity contribution >= 4 is 11.3 Å². The van der Waals surface area contributed by atoms with Crippen LogP contribution in [-0.2, 0) is 9.47 Å². The summed E-state index contributed by atoms with van der Waals surface area (Å²) < 4.78 is 10.6. The van der Waals surface area contributed by atoms with Crippen LogP contribution in [0.4, 0.5) is 0 Å². The van der Waals surface area contributed by atoms with Gasteiger partial charge in [0.2, 0.25) is 11.3 Å². The molecule has 1 aliphatic heterocycles. The maximum atomic E-state index is 9.80. The molecule has 0 aliphatic carbocycles. The van der Waals surface area contributed by atoms with Crippen molar-refractivity contribution in [1.82, 2.24) is 19.9 Å². The van der Waals surface area contributed by atoms with Crippen LogP contribution in [0.3, 0.4) is 0 Å². The first-order chi connectivity index (χ1) is 16.6. The van der Waals surface area contributed by atoms with Crippen LogP contribution in [0, 0.1) is 22.7 Å². The van der Waals surface area contributed by atoms with E-state index in [9.17, 15) is 10.5 Å². The highest BCUT2D eigenvalue weighted by atomic mass is 16.6. The standard InChI is InChI=1S/C24H16N8O2/c1-33-23(13-25)24(14-26,34-2)32-22-21(31-23)29-19-20(30-22)28-18(16-11-7-4-8-12-16)17(27-19)15-9-5-3-6-10-15/h3-12H,1-2H3. The van der Waals surface area contributed by atoms with Gasteiger partial charge in [-0.3, -0.25) is 0 Å². The van der Waals surface area contributed by atoms with Gasteiger partial charge in [0.1, 0.15) is 12.1 Å². The summed E-state index contributed by atoms with van der Waals surface area (Å²) in [6, 6.07) is 23.0. The van der Waals surface area contributed by atoms with Crippen molar-refractivity contribution in [2.24, 2.45) is 9.98 Å². The SMILES string of the molecule is COC1(C#N)N=c2nc3nc(-c4ccccc4)c(-c4ccccc4)nc3nc2=NC1(C#N)OC. The van der Waals surface area contributed by atoms with Gasteiger partial charge in [-0.25, -0.2) is 29.9 Å². The third kappa shape index (κ3) is 3.10. The van der Waals surface area contributed by atoms with Gasteiger partial charge in [0.05, 0.1) is 11.4 Å². The zero-order chi connectivity index (χ0) is 23.8. The maximum Gasteiger partial charge on any atom is 0.315 e. The number of fused-ring (bicyclic) bond motifs is 2. The highest BCUT2D eigenvalue weighted by Crippen LogP contribution is 2.32. The second-order valence-corrected chi connectivity index (χ2v) is 7.31. The van der Waals surface area contributed by atoms with Gasteiger partial charge in [0.15, 0.2) is 11.0 Å². The molecule has 0 saturated heterocycles. The Kier molecular flexibility index (Phi) is 5.02. The molecule has 5 rings (SSSR count). The Morgan fingerprint density at radius 3 is 1.32 bits per heavy atom. The van der Waals surface area contributed by atoms with Crippen LogP contribution in [-0.4, -0.2) is 45.6 Å². The molecular formula is C24H16N8O2. The van der Waals surface area contributed by atoms with E-state index in [1.54, 1.807) is 0 Å². The number of ether oxygens (including phenoxy) is 2. The normalized spacial score (nSPS) is 20.9. The van der Waals surface area contributed by atoms with Crippen LogP contribution in [0.2, 0.25) is 0 Å². The van der Waals surface area contributed by atoms with Gasteiger partial charge in [0, 0.05) is 25.3 Å². The Hall–Kier alpha value is -4.64. The molecule has 4 aromatic rings. The number of nitriles is 2. The molecule has 164 valence electrons. The number of hydrogen-bond acceptors (Lipinski definition) is 10. The number of rotatable bonds is 4. The quantitative estimate of drug-likeness (QED) is 0.459. The zero-order valence-electron chi connectivity index (χ0n) is 18.2.